The second-order valence-corrected chi connectivity index (χ2v) is 15.1. The smallest absolute Gasteiger partial charge is 0.306 e. The molecule has 10 heteroatoms. The fourth-order valence-electron chi connectivity index (χ4n) is 6.05. The zero-order chi connectivity index (χ0) is 44.4. The van der Waals surface area contributed by atoms with Gasteiger partial charge in [0.1, 0.15) is 31.0 Å². The number of carbonyl (C=O) groups is 2. The minimum atomic E-state index is -1.62. The van der Waals surface area contributed by atoms with Gasteiger partial charge in [-0.3, -0.25) is 9.59 Å². The molecule has 10 nitrogen and oxygen atoms in total. The molecule has 0 amide bonds. The summed E-state index contributed by atoms with van der Waals surface area (Å²) in [6.07, 6.45) is 48.3. The Balaban J connectivity index is 2.39. The first kappa shape index (κ1) is 55.4. The Bertz CT molecular complexity index is 1350. The van der Waals surface area contributed by atoms with E-state index in [0.29, 0.717) is 19.3 Å². The molecule has 1 aliphatic heterocycles. The molecule has 0 saturated carbocycles. The number of carbonyl (C=O) groups excluding carboxylic acids is 2. The molecule has 0 aromatic carbocycles. The van der Waals surface area contributed by atoms with Crippen molar-refractivity contribution >= 4 is 11.9 Å². The van der Waals surface area contributed by atoms with Crippen LogP contribution in [-0.2, 0) is 28.5 Å². The van der Waals surface area contributed by atoms with Crippen LogP contribution in [0.1, 0.15) is 142 Å². The molecule has 0 aromatic heterocycles. The average molecular weight is 853 g/mol. The third kappa shape index (κ3) is 31.8. The quantitative estimate of drug-likeness (QED) is 0.0272. The Kier molecular flexibility index (Phi) is 36.7. The van der Waals surface area contributed by atoms with Gasteiger partial charge in [0.25, 0.3) is 0 Å². The lowest BCUT2D eigenvalue weighted by Crippen LogP contribution is -2.59. The third-order valence-corrected chi connectivity index (χ3v) is 9.66. The number of esters is 2. The van der Waals surface area contributed by atoms with Crippen LogP contribution < -0.4 is 0 Å². The lowest BCUT2D eigenvalue weighted by molar-refractivity contribution is -0.305. The molecule has 1 fully saturated rings. The fraction of sp³-hybridized carbons (Fsp3) is 0.608. The predicted molar refractivity (Wildman–Crippen MR) is 247 cm³/mol. The van der Waals surface area contributed by atoms with Gasteiger partial charge in [-0.2, -0.15) is 0 Å². The summed E-state index contributed by atoms with van der Waals surface area (Å²) in [4.78, 5) is 25.3. The normalized spacial score (nSPS) is 20.8. The minimum Gasteiger partial charge on any atom is -0.462 e. The second-order valence-electron chi connectivity index (χ2n) is 15.1. The number of allylic oxidation sites excluding steroid dienone is 18. The molecule has 61 heavy (non-hydrogen) atoms. The molecule has 344 valence electrons. The summed E-state index contributed by atoms with van der Waals surface area (Å²) in [7, 11) is 0. The van der Waals surface area contributed by atoms with Crippen molar-refractivity contribution in [2.75, 3.05) is 19.8 Å². The van der Waals surface area contributed by atoms with E-state index in [2.05, 4.69) is 105 Å². The number of ether oxygens (including phenoxy) is 4. The average Bonchev–Trinajstić information content (AvgIpc) is 3.26. The Morgan fingerprint density at radius 1 is 0.525 bits per heavy atom. The topological polar surface area (TPSA) is 152 Å². The summed E-state index contributed by atoms with van der Waals surface area (Å²) in [5.41, 5.74) is 0. The van der Waals surface area contributed by atoms with Crippen LogP contribution in [0.4, 0.5) is 0 Å². The molecule has 3 unspecified atom stereocenters. The van der Waals surface area contributed by atoms with Crippen LogP contribution in [0.25, 0.3) is 0 Å². The monoisotopic (exact) mass is 853 g/mol. The van der Waals surface area contributed by atoms with Gasteiger partial charge in [0.2, 0.25) is 0 Å². The number of aliphatic hydroxyl groups excluding tert-OH is 4. The first-order valence-corrected chi connectivity index (χ1v) is 23.0. The summed E-state index contributed by atoms with van der Waals surface area (Å²) < 4.78 is 22.0. The molecule has 0 bridgehead atoms. The van der Waals surface area contributed by atoms with Crippen molar-refractivity contribution in [2.45, 2.75) is 179 Å². The van der Waals surface area contributed by atoms with Gasteiger partial charge in [-0.25, -0.2) is 0 Å². The van der Waals surface area contributed by atoms with E-state index < -0.39 is 55.4 Å². The number of hydrogen-bond acceptors (Lipinski definition) is 10. The molecular formula is C51H80O10. The number of hydrogen-bond donors (Lipinski definition) is 4. The fourth-order valence-corrected chi connectivity index (χ4v) is 6.05. The minimum absolute atomic E-state index is 0.105. The van der Waals surface area contributed by atoms with Crippen LogP contribution in [0.3, 0.4) is 0 Å². The van der Waals surface area contributed by atoms with Gasteiger partial charge in [0.05, 0.1) is 13.2 Å². The van der Waals surface area contributed by atoms with E-state index in [1.807, 2.05) is 18.2 Å². The van der Waals surface area contributed by atoms with Crippen molar-refractivity contribution in [3.63, 3.8) is 0 Å². The SMILES string of the molecule is CC/C=C/C/C=C/C/C=C/C/C=C/C/C=C/C/C=C/C/C=C/CCCC(=O)OCC(CO[C@H]1O[C@@H](CO)[C@@H](O)C(O)C1O)OC(=O)CC/C=C/C/C=C/CCCCCCCC. The molecule has 6 atom stereocenters. The van der Waals surface area contributed by atoms with E-state index in [-0.39, 0.29) is 26.1 Å². The highest BCUT2D eigenvalue weighted by Gasteiger charge is 2.44. The Morgan fingerprint density at radius 3 is 1.52 bits per heavy atom. The van der Waals surface area contributed by atoms with E-state index in [1.165, 1.54) is 38.5 Å². The number of aliphatic hydroxyl groups is 4. The highest BCUT2D eigenvalue weighted by molar-refractivity contribution is 5.70. The van der Waals surface area contributed by atoms with Crippen molar-refractivity contribution in [3.8, 4) is 0 Å². The Morgan fingerprint density at radius 2 is 1.00 bits per heavy atom. The van der Waals surface area contributed by atoms with Crippen molar-refractivity contribution in [2.24, 2.45) is 0 Å². The van der Waals surface area contributed by atoms with Crippen molar-refractivity contribution in [3.05, 3.63) is 109 Å². The zero-order valence-corrected chi connectivity index (χ0v) is 37.4. The van der Waals surface area contributed by atoms with Crippen LogP contribution in [-0.4, -0.2) is 89.0 Å². The van der Waals surface area contributed by atoms with E-state index in [4.69, 9.17) is 18.9 Å². The van der Waals surface area contributed by atoms with Gasteiger partial charge in [-0.05, 0) is 83.5 Å². The van der Waals surface area contributed by atoms with Crippen molar-refractivity contribution in [1.82, 2.24) is 0 Å². The van der Waals surface area contributed by atoms with Crippen LogP contribution >= 0.6 is 0 Å². The first-order chi connectivity index (χ1) is 29.8. The molecule has 4 N–H and O–H groups in total. The van der Waals surface area contributed by atoms with Crippen LogP contribution in [0.15, 0.2) is 109 Å². The third-order valence-electron chi connectivity index (χ3n) is 9.66. The molecule has 1 rings (SSSR count). The lowest BCUT2D eigenvalue weighted by Gasteiger charge is -2.39. The highest BCUT2D eigenvalue weighted by Crippen LogP contribution is 2.22. The number of unbranched alkanes of at least 4 members (excludes halogenated alkanes) is 7. The molecule has 0 spiro atoms. The van der Waals surface area contributed by atoms with E-state index >= 15 is 0 Å². The summed E-state index contributed by atoms with van der Waals surface area (Å²) in [5, 5.41) is 40.1. The van der Waals surface area contributed by atoms with E-state index in [1.54, 1.807) is 0 Å². The molecule has 1 heterocycles. The van der Waals surface area contributed by atoms with Gasteiger partial charge in [-0.1, -0.05) is 155 Å². The maximum Gasteiger partial charge on any atom is 0.306 e. The van der Waals surface area contributed by atoms with Gasteiger partial charge < -0.3 is 39.4 Å². The van der Waals surface area contributed by atoms with E-state index in [9.17, 15) is 30.0 Å². The Hall–Kier alpha value is -3.64. The van der Waals surface area contributed by atoms with Gasteiger partial charge in [0, 0.05) is 12.8 Å². The van der Waals surface area contributed by atoms with Gasteiger partial charge >= 0.3 is 11.9 Å². The van der Waals surface area contributed by atoms with E-state index in [0.717, 1.165) is 57.8 Å². The molecule has 0 aromatic rings. The maximum absolute atomic E-state index is 12.7. The Labute approximate surface area is 368 Å². The summed E-state index contributed by atoms with van der Waals surface area (Å²) in [6, 6.07) is 0. The summed E-state index contributed by atoms with van der Waals surface area (Å²) in [5.74, 6) is -0.967. The largest absolute Gasteiger partial charge is 0.462 e. The van der Waals surface area contributed by atoms with Crippen LogP contribution in [0.2, 0.25) is 0 Å². The van der Waals surface area contributed by atoms with Gasteiger partial charge in [-0.15, -0.1) is 0 Å². The maximum atomic E-state index is 12.7. The van der Waals surface area contributed by atoms with Gasteiger partial charge in [0.15, 0.2) is 12.4 Å². The summed E-state index contributed by atoms with van der Waals surface area (Å²) in [6.45, 7) is 3.16. The molecule has 1 aliphatic rings. The van der Waals surface area contributed by atoms with Crippen LogP contribution in [0, 0.1) is 0 Å². The van der Waals surface area contributed by atoms with Crippen molar-refractivity contribution < 1.29 is 49.0 Å². The second kappa shape index (κ2) is 40.4. The molecular weight excluding hydrogens is 773 g/mol. The van der Waals surface area contributed by atoms with Crippen LogP contribution in [0.5, 0.6) is 0 Å². The highest BCUT2D eigenvalue weighted by atomic mass is 16.7. The predicted octanol–water partition coefficient (Wildman–Crippen LogP) is 10.1. The molecule has 0 radical (unpaired) electrons. The summed E-state index contributed by atoms with van der Waals surface area (Å²) >= 11 is 0. The van der Waals surface area contributed by atoms with Crippen molar-refractivity contribution in [1.29, 1.82) is 0 Å². The number of rotatable bonds is 36. The standard InChI is InChI=1S/C51H80O10/c1-3-5-7-9-11-13-15-17-18-19-20-21-22-23-24-25-26-28-29-31-33-35-37-39-46(53)58-42-44(43-59-51-50(57)49(56)48(55)45(41-52)61-51)60-47(54)40-38-36-34-32-30-27-16-14-12-10-8-6-4-2/h5,7,11,13,17-18,20-21,23-24,26-28,30-31,33-34,36,44-45,48-52,55-57H,3-4,6,8-10,12,14-16,19,22,25,29,32,35,37-43H2,1-2H3/b7-5+,13-11+,18-17+,21-20+,24-23+,28-26+,30-27+,33-31+,36-34+/t44?,45-,48+,49?,50?,51-/m0/s1. The zero-order valence-electron chi connectivity index (χ0n) is 37.4. The molecule has 1 saturated heterocycles. The molecule has 0 aliphatic carbocycles. The first-order valence-electron chi connectivity index (χ1n) is 23.0. The lowest BCUT2D eigenvalue weighted by atomic mass is 9.99.